The maximum absolute atomic E-state index is 12.3. The molecule has 0 aromatic heterocycles. The quantitative estimate of drug-likeness (QED) is 0.588. The van der Waals surface area contributed by atoms with E-state index in [0.717, 1.165) is 37.0 Å². The van der Waals surface area contributed by atoms with Crippen LogP contribution in [-0.2, 0) is 23.9 Å². The fraction of sp³-hybridized carbons (Fsp3) is 0.789. The molecule has 1 N–H and O–H groups in total. The van der Waals surface area contributed by atoms with Crippen molar-refractivity contribution in [1.82, 2.24) is 10.2 Å². The number of ether oxygens (including phenoxy) is 1. The second-order valence-corrected chi connectivity index (χ2v) is 7.86. The number of carbonyl (C=O) groups excluding carboxylic acids is 4. The number of nitrogens with one attached hydrogen (secondary N) is 1. The molecule has 0 spiro atoms. The second-order valence-electron chi connectivity index (χ2n) is 7.86. The van der Waals surface area contributed by atoms with Crippen molar-refractivity contribution in [2.75, 3.05) is 13.2 Å². The SMILES string of the molecule is C[C@@H]1CCCC[C@H]1NC(=O)COC(=O)CN1C(=O)[C@H]2CCCC[C@H]2C1=O. The summed E-state index contributed by atoms with van der Waals surface area (Å²) in [6.07, 6.45) is 7.62. The maximum Gasteiger partial charge on any atom is 0.326 e. The number of esters is 1. The van der Waals surface area contributed by atoms with Gasteiger partial charge in [-0.3, -0.25) is 24.1 Å². The highest BCUT2D eigenvalue weighted by atomic mass is 16.5. The van der Waals surface area contributed by atoms with Gasteiger partial charge in [-0.25, -0.2) is 0 Å². The molecule has 4 atom stereocenters. The van der Waals surface area contributed by atoms with E-state index in [1.165, 1.54) is 6.42 Å². The van der Waals surface area contributed by atoms with Crippen LogP contribution in [0, 0.1) is 17.8 Å². The first-order chi connectivity index (χ1) is 12.5. The van der Waals surface area contributed by atoms with Crippen molar-refractivity contribution < 1.29 is 23.9 Å². The number of imide groups is 1. The van der Waals surface area contributed by atoms with Crippen LogP contribution in [-0.4, -0.2) is 47.8 Å². The largest absolute Gasteiger partial charge is 0.454 e. The number of likely N-dealkylation sites (tertiary alicyclic amines) is 1. The summed E-state index contributed by atoms with van der Waals surface area (Å²) in [5.74, 6) is -1.71. The van der Waals surface area contributed by atoms with Crippen LogP contribution in [0.3, 0.4) is 0 Å². The summed E-state index contributed by atoms with van der Waals surface area (Å²) in [5.41, 5.74) is 0. The number of hydrogen-bond donors (Lipinski definition) is 1. The summed E-state index contributed by atoms with van der Waals surface area (Å²) >= 11 is 0. The molecule has 3 amide bonds. The Morgan fingerprint density at radius 2 is 1.58 bits per heavy atom. The van der Waals surface area contributed by atoms with Crippen molar-refractivity contribution in [2.24, 2.45) is 17.8 Å². The van der Waals surface area contributed by atoms with Gasteiger partial charge in [-0.15, -0.1) is 0 Å². The molecule has 0 unspecified atom stereocenters. The fourth-order valence-corrected chi connectivity index (χ4v) is 4.49. The lowest BCUT2D eigenvalue weighted by Crippen LogP contribution is -2.43. The molecule has 144 valence electrons. The van der Waals surface area contributed by atoms with Gasteiger partial charge in [0.1, 0.15) is 6.54 Å². The average molecular weight is 364 g/mol. The second kappa shape index (κ2) is 8.18. The Morgan fingerprint density at radius 3 is 2.19 bits per heavy atom. The van der Waals surface area contributed by atoms with Crippen LogP contribution in [0.15, 0.2) is 0 Å². The highest BCUT2D eigenvalue weighted by molar-refractivity contribution is 6.07. The van der Waals surface area contributed by atoms with Crippen LogP contribution in [0.25, 0.3) is 0 Å². The van der Waals surface area contributed by atoms with E-state index in [1.807, 2.05) is 0 Å². The van der Waals surface area contributed by atoms with Gasteiger partial charge in [0.05, 0.1) is 11.8 Å². The van der Waals surface area contributed by atoms with Gasteiger partial charge in [0.25, 0.3) is 5.91 Å². The molecule has 2 saturated carbocycles. The first-order valence-corrected chi connectivity index (χ1v) is 9.77. The van der Waals surface area contributed by atoms with Crippen molar-refractivity contribution in [3.63, 3.8) is 0 Å². The molecule has 1 heterocycles. The molecule has 1 saturated heterocycles. The Labute approximate surface area is 153 Å². The third-order valence-corrected chi connectivity index (χ3v) is 6.04. The minimum absolute atomic E-state index is 0.125. The summed E-state index contributed by atoms with van der Waals surface area (Å²) < 4.78 is 5.00. The predicted molar refractivity (Wildman–Crippen MR) is 92.7 cm³/mol. The van der Waals surface area contributed by atoms with E-state index >= 15 is 0 Å². The minimum Gasteiger partial charge on any atom is -0.454 e. The molecule has 0 radical (unpaired) electrons. The molecule has 0 aromatic carbocycles. The van der Waals surface area contributed by atoms with Crippen molar-refractivity contribution >= 4 is 23.7 Å². The number of nitrogens with zero attached hydrogens (tertiary/aromatic N) is 1. The molecule has 26 heavy (non-hydrogen) atoms. The van der Waals surface area contributed by atoms with Gasteiger partial charge in [-0.05, 0) is 31.6 Å². The molecular formula is C19H28N2O5. The third kappa shape index (κ3) is 4.07. The average Bonchev–Trinajstić information content (AvgIpc) is 2.87. The lowest BCUT2D eigenvalue weighted by Gasteiger charge is -2.29. The number of rotatable bonds is 5. The van der Waals surface area contributed by atoms with Gasteiger partial charge < -0.3 is 10.1 Å². The van der Waals surface area contributed by atoms with E-state index in [-0.39, 0.29) is 42.2 Å². The zero-order valence-electron chi connectivity index (χ0n) is 15.4. The summed E-state index contributed by atoms with van der Waals surface area (Å²) in [7, 11) is 0. The fourth-order valence-electron chi connectivity index (χ4n) is 4.49. The highest BCUT2D eigenvalue weighted by Gasteiger charge is 2.48. The maximum atomic E-state index is 12.3. The third-order valence-electron chi connectivity index (χ3n) is 6.04. The number of carbonyl (C=O) groups is 4. The van der Waals surface area contributed by atoms with Crippen LogP contribution in [0.4, 0.5) is 0 Å². The Kier molecular flexibility index (Phi) is 5.94. The molecule has 7 nitrogen and oxygen atoms in total. The first-order valence-electron chi connectivity index (χ1n) is 9.77. The number of amides is 3. The van der Waals surface area contributed by atoms with E-state index < -0.39 is 12.5 Å². The Bertz CT molecular complexity index is 566. The molecule has 3 aliphatic rings. The summed E-state index contributed by atoms with van der Waals surface area (Å²) in [6.45, 7) is 1.35. The van der Waals surface area contributed by atoms with E-state index in [2.05, 4.69) is 12.2 Å². The van der Waals surface area contributed by atoms with E-state index in [9.17, 15) is 19.2 Å². The molecule has 7 heteroatoms. The zero-order chi connectivity index (χ0) is 18.7. The standard InChI is InChI=1S/C19H28N2O5/c1-12-6-2-5-9-15(12)20-16(22)11-26-17(23)10-21-18(24)13-7-3-4-8-14(13)19(21)25/h12-15H,2-11H2,1H3,(H,20,22)/t12-,13-,14+,15-/m1/s1. The normalized spacial score (nSPS) is 31.5. The van der Waals surface area contributed by atoms with Gasteiger partial charge in [0.2, 0.25) is 11.8 Å². The topological polar surface area (TPSA) is 92.8 Å². The smallest absolute Gasteiger partial charge is 0.326 e. The van der Waals surface area contributed by atoms with Gasteiger partial charge >= 0.3 is 5.97 Å². The van der Waals surface area contributed by atoms with E-state index in [0.29, 0.717) is 18.8 Å². The number of hydrogen-bond acceptors (Lipinski definition) is 5. The minimum atomic E-state index is -0.711. The van der Waals surface area contributed by atoms with Crippen molar-refractivity contribution in [2.45, 2.75) is 64.3 Å². The molecular weight excluding hydrogens is 336 g/mol. The zero-order valence-corrected chi connectivity index (χ0v) is 15.4. The molecule has 1 aliphatic heterocycles. The Balaban J connectivity index is 1.44. The van der Waals surface area contributed by atoms with Crippen LogP contribution in [0.1, 0.15) is 58.3 Å². The lowest BCUT2D eigenvalue weighted by atomic mass is 9.81. The van der Waals surface area contributed by atoms with Crippen molar-refractivity contribution in [1.29, 1.82) is 0 Å². The molecule has 0 bridgehead atoms. The predicted octanol–water partition coefficient (Wildman–Crippen LogP) is 1.40. The lowest BCUT2D eigenvalue weighted by molar-refractivity contribution is -0.155. The number of fused-ring (bicyclic) bond motifs is 1. The Morgan fingerprint density at radius 1 is 1.00 bits per heavy atom. The summed E-state index contributed by atoms with van der Waals surface area (Å²) in [5, 5.41) is 2.91. The Hall–Kier alpha value is -1.92. The van der Waals surface area contributed by atoms with Crippen LogP contribution < -0.4 is 5.32 Å². The molecule has 3 rings (SSSR count). The van der Waals surface area contributed by atoms with E-state index in [4.69, 9.17) is 4.74 Å². The van der Waals surface area contributed by atoms with Crippen molar-refractivity contribution in [3.05, 3.63) is 0 Å². The first kappa shape index (κ1) is 18.9. The summed E-state index contributed by atoms with van der Waals surface area (Å²) in [6, 6.07) is 0.125. The van der Waals surface area contributed by atoms with Crippen LogP contribution >= 0.6 is 0 Å². The van der Waals surface area contributed by atoms with E-state index in [1.54, 1.807) is 0 Å². The van der Waals surface area contributed by atoms with Gasteiger partial charge in [0.15, 0.2) is 6.61 Å². The van der Waals surface area contributed by atoms with Crippen LogP contribution in [0.5, 0.6) is 0 Å². The monoisotopic (exact) mass is 364 g/mol. The van der Waals surface area contributed by atoms with Gasteiger partial charge in [0, 0.05) is 6.04 Å². The summed E-state index contributed by atoms with van der Waals surface area (Å²) in [4.78, 5) is 49.7. The molecule has 2 aliphatic carbocycles. The molecule has 3 fully saturated rings. The van der Waals surface area contributed by atoms with Gasteiger partial charge in [-0.2, -0.15) is 0 Å². The molecule has 0 aromatic rings. The highest BCUT2D eigenvalue weighted by Crippen LogP contribution is 2.37. The van der Waals surface area contributed by atoms with Crippen molar-refractivity contribution in [3.8, 4) is 0 Å². The van der Waals surface area contributed by atoms with Gasteiger partial charge in [-0.1, -0.05) is 32.6 Å². The van der Waals surface area contributed by atoms with Crippen LogP contribution in [0.2, 0.25) is 0 Å².